The molecule has 0 saturated heterocycles. The topological polar surface area (TPSA) is 0 Å². The van der Waals surface area contributed by atoms with Crippen LogP contribution < -0.4 is 21.2 Å². The van der Waals surface area contributed by atoms with Crippen LogP contribution in [0, 0.1) is 25.7 Å². The number of rotatable bonds is 9. The third kappa shape index (κ3) is 10.9. The second kappa shape index (κ2) is 17.9. The molecule has 38 heavy (non-hydrogen) atoms. The second-order valence-corrected chi connectivity index (χ2v) is 15.5. The summed E-state index contributed by atoms with van der Waals surface area (Å²) in [6.07, 6.45) is 3.35. The Bertz CT molecular complexity index is 949. The molecule has 4 aromatic carbocycles. The molecule has 4 rings (SSSR count). The van der Waals surface area contributed by atoms with Crippen molar-refractivity contribution in [3.63, 3.8) is 0 Å². The van der Waals surface area contributed by atoms with Gasteiger partial charge in [0.25, 0.3) is 0 Å². The van der Waals surface area contributed by atoms with Crippen LogP contribution >= 0.6 is 15.8 Å². The summed E-state index contributed by atoms with van der Waals surface area (Å²) >= 11 is 0. The summed E-state index contributed by atoms with van der Waals surface area (Å²) in [4.78, 5) is 0. The minimum absolute atomic E-state index is 0. The minimum atomic E-state index is -0.900. The molecule has 0 heterocycles. The van der Waals surface area contributed by atoms with Crippen molar-refractivity contribution >= 4 is 37.1 Å². The molecule has 0 N–H and O–H groups in total. The van der Waals surface area contributed by atoms with Crippen LogP contribution in [-0.4, -0.2) is 12.3 Å². The Balaban J connectivity index is 0.00000113. The van der Waals surface area contributed by atoms with E-state index >= 15 is 0 Å². The monoisotopic (exact) mass is 630 g/mol. The Labute approximate surface area is 249 Å². The van der Waals surface area contributed by atoms with Gasteiger partial charge in [-0.05, 0) is 54.4 Å². The van der Waals surface area contributed by atoms with E-state index in [0.29, 0.717) is 0 Å². The Morgan fingerprint density at radius 2 is 0.763 bits per heavy atom. The Kier molecular flexibility index (Phi) is 16.2. The molecule has 0 aliphatic rings. The summed E-state index contributed by atoms with van der Waals surface area (Å²) in [6.45, 7) is 13.5. The Morgan fingerprint density at radius 1 is 0.553 bits per heavy atom. The van der Waals surface area contributed by atoms with Crippen molar-refractivity contribution in [2.24, 2.45) is 11.3 Å². The van der Waals surface area contributed by atoms with Crippen molar-refractivity contribution in [3.05, 3.63) is 136 Å². The SMILES string of the molecule is CC(C)C.[CH2-]CC(C)(C[PH+](c1ccccc1)c1ccccc1)C[PH+](c1ccccc1)c1ccccc1.[CH3-].[Ru+2]. The number of benzene rings is 4. The van der Waals surface area contributed by atoms with Gasteiger partial charge in [-0.2, -0.15) is 6.42 Å². The van der Waals surface area contributed by atoms with Crippen LogP contribution in [0.2, 0.25) is 0 Å². The van der Waals surface area contributed by atoms with E-state index in [2.05, 4.69) is 156 Å². The third-order valence-electron chi connectivity index (χ3n) is 6.30. The van der Waals surface area contributed by atoms with Gasteiger partial charge >= 0.3 is 19.5 Å². The summed E-state index contributed by atoms with van der Waals surface area (Å²) in [5.74, 6) is 0.833. The van der Waals surface area contributed by atoms with Crippen LogP contribution in [0.3, 0.4) is 0 Å². The van der Waals surface area contributed by atoms with Gasteiger partial charge in [0.2, 0.25) is 0 Å². The maximum atomic E-state index is 4.47. The smallest absolute Gasteiger partial charge is 0.358 e. The first-order valence-corrected chi connectivity index (χ1v) is 16.6. The molecule has 0 radical (unpaired) electrons. The molecule has 0 aromatic heterocycles. The third-order valence-corrected chi connectivity index (χ3v) is 12.8. The quantitative estimate of drug-likeness (QED) is 0.0999. The van der Waals surface area contributed by atoms with Crippen LogP contribution in [0.1, 0.15) is 34.1 Å². The predicted molar refractivity (Wildman–Crippen MR) is 176 cm³/mol. The zero-order valence-corrected chi connectivity index (χ0v) is 27.5. The first-order valence-electron chi connectivity index (χ1n) is 13.1. The van der Waals surface area contributed by atoms with Crippen molar-refractivity contribution in [2.45, 2.75) is 34.1 Å². The summed E-state index contributed by atoms with van der Waals surface area (Å²) in [5, 5.41) is 5.99. The van der Waals surface area contributed by atoms with Gasteiger partial charge in [0.05, 0.1) is 49.4 Å². The van der Waals surface area contributed by atoms with E-state index in [1.54, 1.807) is 0 Å². The van der Waals surface area contributed by atoms with Gasteiger partial charge in [-0.1, -0.05) is 100 Å². The van der Waals surface area contributed by atoms with Crippen LogP contribution in [-0.2, 0) is 19.5 Å². The second-order valence-electron chi connectivity index (χ2n) is 10.6. The number of hydrogen-bond donors (Lipinski definition) is 0. The van der Waals surface area contributed by atoms with Crippen LogP contribution in [0.5, 0.6) is 0 Å². The molecule has 0 atom stereocenters. The summed E-state index contributed by atoms with van der Waals surface area (Å²) < 4.78 is 0. The van der Waals surface area contributed by atoms with Crippen molar-refractivity contribution in [1.82, 2.24) is 0 Å². The molecule has 202 valence electrons. The molecular formula is C35H46P2Ru+2. The fourth-order valence-corrected chi connectivity index (χ4v) is 10.8. The van der Waals surface area contributed by atoms with Crippen LogP contribution in [0.15, 0.2) is 121 Å². The van der Waals surface area contributed by atoms with Gasteiger partial charge in [0.15, 0.2) is 0 Å². The summed E-state index contributed by atoms with van der Waals surface area (Å²) in [5.41, 5.74) is 0.181. The number of hydrogen-bond acceptors (Lipinski definition) is 0. The zero-order chi connectivity index (χ0) is 25.8. The zero-order valence-electron chi connectivity index (χ0n) is 23.8. The maximum Gasteiger partial charge on any atom is 2.00 e. The van der Waals surface area contributed by atoms with Crippen molar-refractivity contribution < 1.29 is 19.5 Å². The molecule has 0 spiro atoms. The molecule has 0 aliphatic carbocycles. The average Bonchev–Trinajstić information content (AvgIpc) is 2.92. The molecule has 0 amide bonds. The van der Waals surface area contributed by atoms with Gasteiger partial charge in [0.1, 0.15) is 0 Å². The van der Waals surface area contributed by atoms with Gasteiger partial charge < -0.3 is 14.4 Å². The van der Waals surface area contributed by atoms with Gasteiger partial charge in [0, 0.05) is 5.41 Å². The van der Waals surface area contributed by atoms with Gasteiger partial charge in [-0.25, -0.2) is 0 Å². The van der Waals surface area contributed by atoms with Crippen molar-refractivity contribution in [2.75, 3.05) is 12.3 Å². The minimum Gasteiger partial charge on any atom is -0.358 e. The van der Waals surface area contributed by atoms with E-state index in [0.717, 1.165) is 12.3 Å². The molecule has 0 saturated carbocycles. The first kappa shape index (κ1) is 34.4. The van der Waals surface area contributed by atoms with E-state index in [9.17, 15) is 0 Å². The van der Waals surface area contributed by atoms with Crippen LogP contribution in [0.4, 0.5) is 0 Å². The molecule has 0 aliphatic heterocycles. The first-order chi connectivity index (χ1) is 17.4. The average molecular weight is 630 g/mol. The molecule has 0 bridgehead atoms. The molecule has 0 nitrogen and oxygen atoms in total. The fourth-order valence-electron chi connectivity index (χ4n) is 4.39. The molecule has 0 unspecified atom stereocenters. The summed E-state index contributed by atoms with van der Waals surface area (Å²) in [6, 6.07) is 44.6. The Morgan fingerprint density at radius 3 is 0.947 bits per heavy atom. The largest absolute Gasteiger partial charge is 2.00 e. The normalized spacial score (nSPS) is 10.8. The van der Waals surface area contributed by atoms with E-state index in [4.69, 9.17) is 0 Å². The van der Waals surface area contributed by atoms with E-state index in [1.165, 1.54) is 33.5 Å². The van der Waals surface area contributed by atoms with Crippen LogP contribution in [0.25, 0.3) is 0 Å². The van der Waals surface area contributed by atoms with E-state index in [1.807, 2.05) is 0 Å². The Hall–Kier alpha value is -1.64. The molecule has 0 fully saturated rings. The van der Waals surface area contributed by atoms with Crippen molar-refractivity contribution in [1.29, 1.82) is 0 Å². The molecule has 4 aromatic rings. The van der Waals surface area contributed by atoms with E-state index in [-0.39, 0.29) is 32.3 Å². The molecular weight excluding hydrogens is 583 g/mol. The molecule has 3 heteroatoms. The van der Waals surface area contributed by atoms with Crippen molar-refractivity contribution in [3.8, 4) is 0 Å². The van der Waals surface area contributed by atoms with Gasteiger partial charge in [-0.15, -0.1) is 0 Å². The fraction of sp³-hybridized carbons (Fsp3) is 0.257. The van der Waals surface area contributed by atoms with Gasteiger partial charge in [-0.3, -0.25) is 0 Å². The van der Waals surface area contributed by atoms with E-state index < -0.39 is 15.8 Å². The predicted octanol–water partition coefficient (Wildman–Crippen LogP) is 8.06. The maximum absolute atomic E-state index is 4.47. The summed E-state index contributed by atoms with van der Waals surface area (Å²) in [7, 11) is -1.80. The standard InChI is InChI=1S/C30H31P2.C4H10.CH3.Ru/c1-3-30(2,24-31(26-16-8-4-9-17-26)27-18-10-5-11-19-27)25-32(28-20-12-6-13-21-28)29-22-14-7-15-23-29;1-4(2)3;;/h4-23H,1,3,24-25H2,2H3;4H,1-3H3;1H3;/q-1;;-1;+2/p+2.